The van der Waals surface area contributed by atoms with E-state index in [0.717, 1.165) is 6.07 Å². The molecule has 2 nitrogen and oxygen atoms in total. The molecule has 0 aliphatic heterocycles. The number of hydrogen-bond acceptors (Lipinski definition) is 1. The predicted molar refractivity (Wildman–Crippen MR) is 57.2 cm³/mol. The first-order chi connectivity index (χ1) is 7.71. The van der Waals surface area contributed by atoms with E-state index in [0.29, 0.717) is 5.56 Å². The number of aryl methyl sites for hydroxylation is 1. The minimum absolute atomic E-state index is 0.129. The fraction of sp³-hybridized carbons (Fsp3) is 0.364. The van der Waals surface area contributed by atoms with Crippen molar-refractivity contribution in [3.8, 4) is 0 Å². The summed E-state index contributed by atoms with van der Waals surface area (Å²) in [5.74, 6) is -3.53. The third-order valence-corrected chi connectivity index (χ3v) is 2.78. The van der Waals surface area contributed by atoms with Gasteiger partial charge in [-0.05, 0) is 24.1 Å². The van der Waals surface area contributed by atoms with Crippen LogP contribution in [0.1, 0.15) is 23.5 Å². The van der Waals surface area contributed by atoms with Crippen molar-refractivity contribution in [3.63, 3.8) is 0 Å². The number of aliphatic carboxylic acids is 1. The van der Waals surface area contributed by atoms with Gasteiger partial charge in [-0.25, -0.2) is 0 Å². The highest BCUT2D eigenvalue weighted by molar-refractivity contribution is 6.31. The van der Waals surface area contributed by atoms with Gasteiger partial charge in [0.25, 0.3) is 0 Å². The first-order valence-corrected chi connectivity index (χ1v) is 5.14. The van der Waals surface area contributed by atoms with Crippen LogP contribution in [0.4, 0.5) is 13.2 Å². The van der Waals surface area contributed by atoms with Crippen molar-refractivity contribution in [1.82, 2.24) is 0 Å². The highest BCUT2D eigenvalue weighted by atomic mass is 35.5. The average molecular weight is 267 g/mol. The van der Waals surface area contributed by atoms with Crippen molar-refractivity contribution in [2.45, 2.75) is 25.4 Å². The molecule has 1 aromatic rings. The van der Waals surface area contributed by atoms with Crippen molar-refractivity contribution in [2.24, 2.45) is 0 Å². The summed E-state index contributed by atoms with van der Waals surface area (Å²) < 4.78 is 38.1. The van der Waals surface area contributed by atoms with Crippen molar-refractivity contribution >= 4 is 17.6 Å². The Morgan fingerprint density at radius 3 is 2.47 bits per heavy atom. The molecule has 1 unspecified atom stereocenters. The maximum Gasteiger partial charge on any atom is 0.396 e. The minimum atomic E-state index is -4.60. The van der Waals surface area contributed by atoms with Crippen LogP contribution in [0.2, 0.25) is 5.02 Å². The Bertz CT molecular complexity index is 429. The van der Waals surface area contributed by atoms with Crippen molar-refractivity contribution in [1.29, 1.82) is 0 Å². The fourth-order valence-electron chi connectivity index (χ4n) is 1.42. The van der Waals surface area contributed by atoms with Crippen LogP contribution in [0.25, 0.3) is 0 Å². The number of carboxylic acid groups (broad SMARTS) is 1. The van der Waals surface area contributed by atoms with Crippen LogP contribution in [0, 0.1) is 6.92 Å². The van der Waals surface area contributed by atoms with Crippen molar-refractivity contribution in [2.75, 3.05) is 0 Å². The number of carbonyl (C=O) groups is 1. The Morgan fingerprint density at radius 1 is 1.47 bits per heavy atom. The topological polar surface area (TPSA) is 37.3 Å². The number of benzene rings is 1. The van der Waals surface area contributed by atoms with Gasteiger partial charge in [-0.1, -0.05) is 23.7 Å². The molecular weight excluding hydrogens is 257 g/mol. The average Bonchev–Trinajstić information content (AvgIpc) is 2.17. The summed E-state index contributed by atoms with van der Waals surface area (Å²) in [6, 6.07) is 3.86. The molecule has 0 radical (unpaired) electrons. The van der Waals surface area contributed by atoms with Gasteiger partial charge in [-0.3, -0.25) is 4.79 Å². The molecule has 1 atom stereocenters. The molecule has 17 heavy (non-hydrogen) atoms. The Kier molecular flexibility index (Phi) is 4.03. The summed E-state index contributed by atoms with van der Waals surface area (Å²) in [5.41, 5.74) is 0.516. The molecule has 0 heterocycles. The summed E-state index contributed by atoms with van der Waals surface area (Å²) in [6.45, 7) is 1.66. The number of halogens is 4. The van der Waals surface area contributed by atoms with E-state index in [1.54, 1.807) is 6.92 Å². The lowest BCUT2D eigenvalue weighted by molar-refractivity contribution is -0.163. The normalized spacial score (nSPS) is 13.5. The molecule has 0 saturated carbocycles. The predicted octanol–water partition coefficient (Wildman–Crippen LogP) is 3.77. The van der Waals surface area contributed by atoms with Gasteiger partial charge in [0.15, 0.2) is 0 Å². The third kappa shape index (κ3) is 3.63. The molecule has 0 bridgehead atoms. The van der Waals surface area contributed by atoms with Crippen LogP contribution in [-0.4, -0.2) is 17.3 Å². The minimum Gasteiger partial charge on any atom is -0.481 e. The summed E-state index contributed by atoms with van der Waals surface area (Å²) >= 11 is 5.73. The van der Waals surface area contributed by atoms with Gasteiger partial charge in [0.05, 0.1) is 12.3 Å². The van der Waals surface area contributed by atoms with E-state index in [9.17, 15) is 18.0 Å². The van der Waals surface area contributed by atoms with E-state index in [1.807, 2.05) is 0 Å². The number of hydrogen-bond donors (Lipinski definition) is 1. The Labute approximate surface area is 101 Å². The highest BCUT2D eigenvalue weighted by Crippen LogP contribution is 2.38. The highest BCUT2D eigenvalue weighted by Gasteiger charge is 2.42. The largest absolute Gasteiger partial charge is 0.481 e. The molecular formula is C11H10ClF3O2. The molecule has 0 aliphatic rings. The Balaban J connectivity index is 3.13. The van der Waals surface area contributed by atoms with Gasteiger partial charge in [0.2, 0.25) is 0 Å². The van der Waals surface area contributed by atoms with Gasteiger partial charge >= 0.3 is 12.1 Å². The van der Waals surface area contributed by atoms with Gasteiger partial charge < -0.3 is 5.11 Å². The quantitative estimate of drug-likeness (QED) is 0.904. The second-order valence-corrected chi connectivity index (χ2v) is 4.11. The van der Waals surface area contributed by atoms with Crippen LogP contribution in [0.3, 0.4) is 0 Å². The molecule has 94 valence electrons. The number of rotatable bonds is 3. The Morgan fingerprint density at radius 2 is 2.06 bits per heavy atom. The maximum absolute atomic E-state index is 12.7. The Hall–Kier alpha value is -1.23. The molecule has 0 saturated heterocycles. The molecule has 0 spiro atoms. The second kappa shape index (κ2) is 4.96. The lowest BCUT2D eigenvalue weighted by Gasteiger charge is -2.19. The van der Waals surface area contributed by atoms with Gasteiger partial charge in [0, 0.05) is 5.02 Å². The lowest BCUT2D eigenvalue weighted by Crippen LogP contribution is -2.23. The molecule has 6 heteroatoms. The molecule has 1 rings (SSSR count). The standard InChI is InChI=1S/C11H10ClF3O2/c1-6-2-3-7(4-9(6)12)8(5-10(16)17)11(13,14)15/h2-4,8H,5H2,1H3,(H,16,17). The summed E-state index contributed by atoms with van der Waals surface area (Å²) in [5, 5.41) is 8.70. The van der Waals surface area contributed by atoms with Gasteiger partial charge in [0.1, 0.15) is 0 Å². The molecule has 0 fully saturated rings. The lowest BCUT2D eigenvalue weighted by atomic mass is 9.94. The van der Waals surface area contributed by atoms with Crippen LogP contribution in [-0.2, 0) is 4.79 Å². The van der Waals surface area contributed by atoms with Crippen LogP contribution < -0.4 is 0 Å². The molecule has 0 amide bonds. The van der Waals surface area contributed by atoms with Gasteiger partial charge in [-0.15, -0.1) is 0 Å². The van der Waals surface area contributed by atoms with E-state index in [4.69, 9.17) is 16.7 Å². The van der Waals surface area contributed by atoms with Crippen molar-refractivity contribution in [3.05, 3.63) is 34.3 Å². The van der Waals surface area contributed by atoms with Crippen LogP contribution in [0.15, 0.2) is 18.2 Å². The van der Waals surface area contributed by atoms with Crippen molar-refractivity contribution < 1.29 is 23.1 Å². The fourth-order valence-corrected chi connectivity index (χ4v) is 1.61. The molecule has 0 aromatic heterocycles. The summed E-state index contributed by atoms with van der Waals surface area (Å²) in [7, 11) is 0. The molecule has 0 aliphatic carbocycles. The third-order valence-electron chi connectivity index (χ3n) is 2.37. The zero-order valence-electron chi connectivity index (χ0n) is 8.88. The molecule has 1 aromatic carbocycles. The smallest absolute Gasteiger partial charge is 0.396 e. The number of carboxylic acids is 1. The van der Waals surface area contributed by atoms with E-state index < -0.39 is 24.5 Å². The van der Waals surface area contributed by atoms with E-state index in [2.05, 4.69) is 0 Å². The monoisotopic (exact) mass is 266 g/mol. The zero-order valence-corrected chi connectivity index (χ0v) is 9.64. The van der Waals surface area contributed by atoms with E-state index in [1.165, 1.54) is 12.1 Å². The van der Waals surface area contributed by atoms with Crippen LogP contribution in [0.5, 0.6) is 0 Å². The van der Waals surface area contributed by atoms with E-state index >= 15 is 0 Å². The van der Waals surface area contributed by atoms with Crippen LogP contribution >= 0.6 is 11.6 Å². The van der Waals surface area contributed by atoms with Gasteiger partial charge in [-0.2, -0.15) is 13.2 Å². The summed E-state index contributed by atoms with van der Waals surface area (Å²) in [6.07, 6.45) is -5.60. The first kappa shape index (κ1) is 13.8. The summed E-state index contributed by atoms with van der Waals surface area (Å²) in [4.78, 5) is 10.4. The number of alkyl halides is 3. The SMILES string of the molecule is Cc1ccc(C(CC(=O)O)C(F)(F)F)cc1Cl. The first-order valence-electron chi connectivity index (χ1n) is 4.76. The maximum atomic E-state index is 12.7. The van der Waals surface area contributed by atoms with E-state index in [-0.39, 0.29) is 10.6 Å². The second-order valence-electron chi connectivity index (χ2n) is 3.70. The zero-order chi connectivity index (χ0) is 13.2. The molecule has 1 N–H and O–H groups in total.